The van der Waals surface area contributed by atoms with Crippen molar-refractivity contribution in [2.45, 2.75) is 18.9 Å². The Labute approximate surface area is 90.3 Å². The molecular weight excluding hydrogens is 248 g/mol. The lowest BCUT2D eigenvalue weighted by Gasteiger charge is -2.23. The van der Waals surface area contributed by atoms with E-state index in [4.69, 9.17) is 10.8 Å². The fourth-order valence-electron chi connectivity index (χ4n) is 1.22. The standard InChI is InChI=1S/C9H11BrN2O2/c1-9(11,5-7(13)14)6-3-2-4-12-8(6)10/h2-4H,5,11H2,1H3,(H,13,14)/t9-/m1/s1. The fourth-order valence-corrected chi connectivity index (χ4v) is 1.92. The van der Waals surface area contributed by atoms with Crippen molar-refractivity contribution in [3.63, 3.8) is 0 Å². The summed E-state index contributed by atoms with van der Waals surface area (Å²) in [7, 11) is 0. The van der Waals surface area contributed by atoms with Crippen LogP contribution in [0.5, 0.6) is 0 Å². The second kappa shape index (κ2) is 4.06. The molecular formula is C9H11BrN2O2. The van der Waals surface area contributed by atoms with E-state index < -0.39 is 11.5 Å². The molecule has 0 fully saturated rings. The molecule has 1 aromatic heterocycles. The minimum atomic E-state index is -0.925. The third-order valence-electron chi connectivity index (χ3n) is 1.89. The summed E-state index contributed by atoms with van der Waals surface area (Å²) in [5.41, 5.74) is 5.68. The van der Waals surface area contributed by atoms with Crippen LogP contribution < -0.4 is 5.73 Å². The van der Waals surface area contributed by atoms with Crippen LogP contribution in [0.1, 0.15) is 18.9 Å². The van der Waals surface area contributed by atoms with Crippen LogP contribution >= 0.6 is 15.9 Å². The summed E-state index contributed by atoms with van der Waals surface area (Å²) in [6, 6.07) is 3.49. The first kappa shape index (κ1) is 11.1. The smallest absolute Gasteiger partial charge is 0.305 e. The van der Waals surface area contributed by atoms with Crippen LogP contribution in [0.4, 0.5) is 0 Å². The number of pyridine rings is 1. The van der Waals surface area contributed by atoms with Gasteiger partial charge in [0.1, 0.15) is 4.60 Å². The van der Waals surface area contributed by atoms with E-state index in [0.29, 0.717) is 10.2 Å². The molecule has 0 saturated heterocycles. The summed E-state index contributed by atoms with van der Waals surface area (Å²) in [4.78, 5) is 14.6. The first-order valence-corrected chi connectivity index (χ1v) is 4.84. The number of rotatable bonds is 3. The number of aliphatic carboxylic acids is 1. The number of nitrogens with zero attached hydrogens (tertiary/aromatic N) is 1. The summed E-state index contributed by atoms with van der Waals surface area (Å²) in [5.74, 6) is -0.925. The van der Waals surface area contributed by atoms with E-state index >= 15 is 0 Å². The molecule has 0 aliphatic carbocycles. The van der Waals surface area contributed by atoms with E-state index in [0.717, 1.165) is 0 Å². The quantitative estimate of drug-likeness (QED) is 0.806. The van der Waals surface area contributed by atoms with Gasteiger partial charge in [-0.25, -0.2) is 4.98 Å². The minimum Gasteiger partial charge on any atom is -0.481 e. The van der Waals surface area contributed by atoms with Gasteiger partial charge >= 0.3 is 5.97 Å². The summed E-state index contributed by atoms with van der Waals surface area (Å²) >= 11 is 3.24. The Morgan fingerprint density at radius 3 is 2.93 bits per heavy atom. The Balaban J connectivity index is 3.03. The Bertz CT molecular complexity index is 352. The van der Waals surface area contributed by atoms with E-state index in [9.17, 15) is 4.79 Å². The monoisotopic (exact) mass is 258 g/mol. The van der Waals surface area contributed by atoms with Crippen molar-refractivity contribution in [2.24, 2.45) is 5.73 Å². The molecule has 1 heterocycles. The Morgan fingerprint density at radius 1 is 1.79 bits per heavy atom. The predicted molar refractivity (Wildman–Crippen MR) is 55.7 cm³/mol. The maximum Gasteiger partial charge on any atom is 0.305 e. The van der Waals surface area contributed by atoms with Gasteiger partial charge in [0.25, 0.3) is 0 Å². The number of hydrogen-bond acceptors (Lipinski definition) is 3. The lowest BCUT2D eigenvalue weighted by Crippen LogP contribution is -2.36. The van der Waals surface area contributed by atoms with Gasteiger partial charge in [-0.1, -0.05) is 6.07 Å². The van der Waals surface area contributed by atoms with Gasteiger partial charge in [-0.2, -0.15) is 0 Å². The molecule has 0 saturated carbocycles. The maximum atomic E-state index is 10.6. The molecule has 14 heavy (non-hydrogen) atoms. The molecule has 1 atom stereocenters. The van der Waals surface area contributed by atoms with Crippen molar-refractivity contribution in [3.8, 4) is 0 Å². The average molecular weight is 259 g/mol. The Hall–Kier alpha value is -0.940. The molecule has 1 rings (SSSR count). The van der Waals surface area contributed by atoms with Gasteiger partial charge in [0, 0.05) is 11.8 Å². The predicted octanol–water partition coefficient (Wildman–Crippen LogP) is 1.49. The summed E-state index contributed by atoms with van der Waals surface area (Å²) in [6.45, 7) is 1.67. The summed E-state index contributed by atoms with van der Waals surface area (Å²) in [5, 5.41) is 8.69. The van der Waals surface area contributed by atoms with Crippen LogP contribution in [0.2, 0.25) is 0 Å². The van der Waals surface area contributed by atoms with Crippen molar-refractivity contribution in [2.75, 3.05) is 0 Å². The van der Waals surface area contributed by atoms with Gasteiger partial charge in [0.05, 0.1) is 12.0 Å². The lowest BCUT2D eigenvalue weighted by atomic mass is 9.91. The van der Waals surface area contributed by atoms with Gasteiger partial charge in [-0.05, 0) is 28.9 Å². The zero-order valence-electron chi connectivity index (χ0n) is 7.70. The highest BCUT2D eigenvalue weighted by atomic mass is 79.9. The average Bonchev–Trinajstić information content (AvgIpc) is 2.02. The molecule has 0 amide bonds. The van der Waals surface area contributed by atoms with Crippen LogP contribution in [0.3, 0.4) is 0 Å². The molecule has 4 nitrogen and oxygen atoms in total. The second-order valence-corrected chi connectivity index (χ2v) is 4.08. The van der Waals surface area contributed by atoms with Crippen LogP contribution in [0, 0.1) is 0 Å². The third-order valence-corrected chi connectivity index (χ3v) is 2.52. The third kappa shape index (κ3) is 2.52. The fraction of sp³-hybridized carbons (Fsp3) is 0.333. The molecule has 0 aromatic carbocycles. The summed E-state index contributed by atoms with van der Waals surface area (Å²) < 4.78 is 0.589. The van der Waals surface area contributed by atoms with E-state index in [1.807, 2.05) is 0 Å². The molecule has 1 aromatic rings. The van der Waals surface area contributed by atoms with Crippen molar-refractivity contribution < 1.29 is 9.90 Å². The van der Waals surface area contributed by atoms with Crippen LogP contribution in [0.25, 0.3) is 0 Å². The topological polar surface area (TPSA) is 76.2 Å². The van der Waals surface area contributed by atoms with Crippen molar-refractivity contribution in [1.82, 2.24) is 4.98 Å². The normalized spacial score (nSPS) is 14.8. The second-order valence-electron chi connectivity index (χ2n) is 3.33. The Morgan fingerprint density at radius 2 is 2.43 bits per heavy atom. The molecule has 3 N–H and O–H groups in total. The molecule has 0 bridgehead atoms. The molecule has 76 valence electrons. The Kier molecular flexibility index (Phi) is 3.23. The van der Waals surface area contributed by atoms with Crippen LogP contribution in [-0.2, 0) is 10.3 Å². The highest BCUT2D eigenvalue weighted by molar-refractivity contribution is 9.10. The molecule has 0 aliphatic rings. The van der Waals surface area contributed by atoms with E-state index in [1.165, 1.54) is 0 Å². The highest BCUT2D eigenvalue weighted by Crippen LogP contribution is 2.26. The number of hydrogen-bond donors (Lipinski definition) is 2. The molecule has 0 radical (unpaired) electrons. The largest absolute Gasteiger partial charge is 0.481 e. The first-order chi connectivity index (χ1) is 6.43. The number of carbonyl (C=O) groups is 1. The zero-order valence-corrected chi connectivity index (χ0v) is 9.28. The summed E-state index contributed by atoms with van der Waals surface area (Å²) in [6.07, 6.45) is 1.49. The van der Waals surface area contributed by atoms with Crippen molar-refractivity contribution in [3.05, 3.63) is 28.5 Å². The van der Waals surface area contributed by atoms with Crippen molar-refractivity contribution in [1.29, 1.82) is 0 Å². The molecule has 0 spiro atoms. The number of aromatic nitrogens is 1. The maximum absolute atomic E-state index is 10.6. The van der Waals surface area contributed by atoms with Gasteiger partial charge in [0.2, 0.25) is 0 Å². The minimum absolute atomic E-state index is 0.128. The van der Waals surface area contributed by atoms with E-state index in [2.05, 4.69) is 20.9 Å². The first-order valence-electron chi connectivity index (χ1n) is 4.05. The van der Waals surface area contributed by atoms with Gasteiger partial charge in [-0.15, -0.1) is 0 Å². The number of carboxylic acids is 1. The van der Waals surface area contributed by atoms with Crippen LogP contribution in [-0.4, -0.2) is 16.1 Å². The van der Waals surface area contributed by atoms with Crippen LogP contribution in [0.15, 0.2) is 22.9 Å². The van der Waals surface area contributed by atoms with Gasteiger partial charge in [-0.3, -0.25) is 4.79 Å². The lowest BCUT2D eigenvalue weighted by molar-refractivity contribution is -0.138. The molecule has 0 unspecified atom stereocenters. The van der Waals surface area contributed by atoms with Crippen molar-refractivity contribution >= 4 is 21.9 Å². The SMILES string of the molecule is C[C@@](N)(CC(=O)O)c1cccnc1Br. The molecule has 0 aliphatic heterocycles. The number of carboxylic acid groups (broad SMARTS) is 1. The van der Waals surface area contributed by atoms with E-state index in [1.54, 1.807) is 25.3 Å². The number of nitrogens with two attached hydrogens (primary N) is 1. The highest BCUT2D eigenvalue weighted by Gasteiger charge is 2.27. The number of halogens is 1. The molecule has 5 heteroatoms. The van der Waals surface area contributed by atoms with Gasteiger partial charge < -0.3 is 10.8 Å². The van der Waals surface area contributed by atoms with E-state index in [-0.39, 0.29) is 6.42 Å². The van der Waals surface area contributed by atoms with Gasteiger partial charge in [0.15, 0.2) is 0 Å². The zero-order chi connectivity index (χ0) is 10.8.